The number of benzene rings is 1. The third-order valence-electron chi connectivity index (χ3n) is 3.66. The molecule has 2 atom stereocenters. The molecule has 1 heterocycles. The summed E-state index contributed by atoms with van der Waals surface area (Å²) in [6, 6.07) is 2.44. The minimum absolute atomic E-state index is 0.186. The standard InChI is InChI=1S/C13H7N3O7S/c17-12-7(14(18)19)5-8(15(20)21)13-10(12)11(16(22)23)6-3-1-2-4-9(6)24-13/h1-5,7,11H. The van der Waals surface area contributed by atoms with Crippen molar-refractivity contribution in [2.75, 3.05) is 0 Å². The van der Waals surface area contributed by atoms with Gasteiger partial charge in [-0.15, -0.1) is 0 Å². The summed E-state index contributed by atoms with van der Waals surface area (Å²) in [4.78, 5) is 43.8. The predicted molar refractivity (Wildman–Crippen MR) is 79.9 cm³/mol. The van der Waals surface area contributed by atoms with Gasteiger partial charge in [0.1, 0.15) is 10.5 Å². The molecule has 122 valence electrons. The summed E-state index contributed by atoms with van der Waals surface area (Å²) in [6.45, 7) is 0. The van der Waals surface area contributed by atoms with Crippen molar-refractivity contribution in [3.63, 3.8) is 0 Å². The highest BCUT2D eigenvalue weighted by atomic mass is 32.2. The minimum Gasteiger partial charge on any atom is -0.286 e. The molecule has 11 heteroatoms. The highest BCUT2D eigenvalue weighted by Gasteiger charge is 2.51. The molecule has 1 aromatic rings. The number of nitrogens with zero attached hydrogens (tertiary/aromatic N) is 3. The highest BCUT2D eigenvalue weighted by Crippen LogP contribution is 2.49. The first-order valence-electron chi connectivity index (χ1n) is 6.51. The van der Waals surface area contributed by atoms with E-state index in [1.807, 2.05) is 0 Å². The first kappa shape index (κ1) is 15.8. The lowest BCUT2D eigenvalue weighted by atomic mass is 9.88. The van der Waals surface area contributed by atoms with Crippen LogP contribution < -0.4 is 0 Å². The second-order valence-electron chi connectivity index (χ2n) is 4.97. The Morgan fingerprint density at radius 3 is 2.25 bits per heavy atom. The molecule has 2 unspecified atom stereocenters. The Morgan fingerprint density at radius 2 is 1.67 bits per heavy atom. The first-order valence-corrected chi connectivity index (χ1v) is 7.33. The van der Waals surface area contributed by atoms with Crippen molar-refractivity contribution in [2.45, 2.75) is 17.0 Å². The normalized spacial score (nSPS) is 22.3. The molecule has 0 aromatic heterocycles. The van der Waals surface area contributed by atoms with Gasteiger partial charge < -0.3 is 0 Å². The smallest absolute Gasteiger partial charge is 0.286 e. The van der Waals surface area contributed by atoms with Crippen LogP contribution in [0, 0.1) is 30.3 Å². The number of carbonyl (C=O) groups excluding carboxylic acids is 1. The van der Waals surface area contributed by atoms with Crippen molar-refractivity contribution in [1.82, 2.24) is 0 Å². The molecule has 0 saturated heterocycles. The van der Waals surface area contributed by atoms with Gasteiger partial charge in [0.25, 0.3) is 17.8 Å². The van der Waals surface area contributed by atoms with Crippen LogP contribution in [0.2, 0.25) is 0 Å². The molecule has 1 aliphatic carbocycles. The zero-order valence-electron chi connectivity index (χ0n) is 11.6. The number of rotatable bonds is 3. The van der Waals surface area contributed by atoms with E-state index in [-0.39, 0.29) is 10.5 Å². The third kappa shape index (κ3) is 2.25. The van der Waals surface area contributed by atoms with Gasteiger partial charge in [-0.3, -0.25) is 35.1 Å². The van der Waals surface area contributed by atoms with Crippen LogP contribution in [0.15, 0.2) is 51.4 Å². The maximum atomic E-state index is 12.4. The Kier molecular flexibility index (Phi) is 3.64. The molecule has 0 bridgehead atoms. The molecule has 0 fully saturated rings. The van der Waals surface area contributed by atoms with E-state index in [4.69, 9.17) is 0 Å². The largest absolute Gasteiger partial charge is 0.299 e. The van der Waals surface area contributed by atoms with E-state index in [0.717, 1.165) is 11.8 Å². The van der Waals surface area contributed by atoms with E-state index in [2.05, 4.69) is 0 Å². The van der Waals surface area contributed by atoms with Gasteiger partial charge in [-0.1, -0.05) is 30.0 Å². The molecular formula is C13H7N3O7S. The first-order chi connectivity index (χ1) is 11.3. The maximum absolute atomic E-state index is 12.4. The van der Waals surface area contributed by atoms with Gasteiger partial charge in [0.05, 0.1) is 11.0 Å². The topological polar surface area (TPSA) is 146 Å². The van der Waals surface area contributed by atoms with E-state index < -0.39 is 43.9 Å². The lowest BCUT2D eigenvalue weighted by molar-refractivity contribution is -0.520. The SMILES string of the molecule is O=C1C2=C(Sc3ccccc3C2[N+](=O)[O-])C([N+](=O)[O-])=CC1[N+](=O)[O-]. The number of carbonyl (C=O) groups is 1. The fraction of sp³-hybridized carbons (Fsp3) is 0.154. The summed E-state index contributed by atoms with van der Waals surface area (Å²) in [5, 5.41) is 33.8. The fourth-order valence-corrected chi connectivity index (χ4v) is 3.89. The molecule has 1 aromatic carbocycles. The van der Waals surface area contributed by atoms with Crippen LogP contribution in [0.3, 0.4) is 0 Å². The number of hydrogen-bond acceptors (Lipinski definition) is 8. The summed E-state index contributed by atoms with van der Waals surface area (Å²) in [5.41, 5.74) is -0.969. The second-order valence-corrected chi connectivity index (χ2v) is 6.03. The Labute approximate surface area is 137 Å². The van der Waals surface area contributed by atoms with Crippen LogP contribution in [-0.4, -0.2) is 26.6 Å². The van der Waals surface area contributed by atoms with Crippen molar-refractivity contribution in [2.24, 2.45) is 0 Å². The quantitative estimate of drug-likeness (QED) is 0.592. The summed E-state index contributed by atoms with van der Waals surface area (Å²) >= 11 is 0.838. The van der Waals surface area contributed by atoms with Crippen LogP contribution >= 0.6 is 11.8 Å². The van der Waals surface area contributed by atoms with Crippen molar-refractivity contribution >= 4 is 17.5 Å². The maximum Gasteiger partial charge on any atom is 0.299 e. The van der Waals surface area contributed by atoms with Gasteiger partial charge in [0, 0.05) is 20.3 Å². The number of fused-ring (bicyclic) bond motifs is 1. The highest BCUT2D eigenvalue weighted by molar-refractivity contribution is 8.03. The molecular weight excluding hydrogens is 342 g/mol. The summed E-state index contributed by atoms with van der Waals surface area (Å²) in [6.07, 6.45) is 0.638. The number of nitro groups is 3. The monoisotopic (exact) mass is 349 g/mol. The van der Waals surface area contributed by atoms with E-state index in [1.165, 1.54) is 12.1 Å². The molecule has 10 nitrogen and oxygen atoms in total. The van der Waals surface area contributed by atoms with Crippen LogP contribution in [0.1, 0.15) is 11.6 Å². The molecule has 0 spiro atoms. The van der Waals surface area contributed by atoms with Crippen molar-refractivity contribution < 1.29 is 19.6 Å². The zero-order chi connectivity index (χ0) is 17.6. The van der Waals surface area contributed by atoms with E-state index in [9.17, 15) is 35.1 Å². The number of thioether (sulfide) groups is 1. The average Bonchev–Trinajstić information content (AvgIpc) is 2.52. The molecule has 0 saturated carbocycles. The Morgan fingerprint density at radius 1 is 1.00 bits per heavy atom. The fourth-order valence-electron chi connectivity index (χ4n) is 2.66. The summed E-state index contributed by atoms with van der Waals surface area (Å²) in [5.74, 6) is -1.09. The van der Waals surface area contributed by atoms with E-state index >= 15 is 0 Å². The molecule has 1 aliphatic heterocycles. The zero-order valence-corrected chi connectivity index (χ0v) is 12.5. The molecule has 24 heavy (non-hydrogen) atoms. The van der Waals surface area contributed by atoms with Gasteiger partial charge in [0.2, 0.25) is 5.78 Å². The van der Waals surface area contributed by atoms with Gasteiger partial charge in [-0.05, 0) is 6.07 Å². The van der Waals surface area contributed by atoms with E-state index in [1.54, 1.807) is 12.1 Å². The number of ketones is 1. The minimum atomic E-state index is -2.00. The van der Waals surface area contributed by atoms with Crippen LogP contribution in [0.5, 0.6) is 0 Å². The van der Waals surface area contributed by atoms with Crippen molar-refractivity contribution in [3.05, 3.63) is 82.4 Å². The van der Waals surface area contributed by atoms with Crippen LogP contribution in [-0.2, 0) is 4.79 Å². The molecule has 0 radical (unpaired) electrons. The van der Waals surface area contributed by atoms with Crippen molar-refractivity contribution in [3.8, 4) is 0 Å². The molecule has 0 amide bonds. The Balaban J connectivity index is 2.28. The lowest BCUT2D eigenvalue weighted by Crippen LogP contribution is -2.38. The molecule has 0 N–H and O–H groups in total. The van der Waals surface area contributed by atoms with Crippen LogP contribution in [0.4, 0.5) is 0 Å². The Hall–Kier alpha value is -3.08. The van der Waals surface area contributed by atoms with Crippen LogP contribution in [0.25, 0.3) is 0 Å². The summed E-state index contributed by atoms with van der Waals surface area (Å²) in [7, 11) is 0. The molecule has 2 aliphatic rings. The predicted octanol–water partition coefficient (Wildman–Crippen LogP) is 1.75. The number of hydrogen-bond donors (Lipinski definition) is 0. The van der Waals surface area contributed by atoms with Gasteiger partial charge in [-0.25, -0.2) is 0 Å². The van der Waals surface area contributed by atoms with E-state index in [0.29, 0.717) is 11.0 Å². The van der Waals surface area contributed by atoms with Gasteiger partial charge in [-0.2, -0.15) is 0 Å². The summed E-state index contributed by atoms with van der Waals surface area (Å²) < 4.78 is 0. The second kappa shape index (κ2) is 5.53. The molecule has 3 rings (SSSR count). The number of Topliss-reactive ketones (excluding diaryl/α,β-unsaturated/α-hetero) is 1. The Bertz CT molecular complexity index is 876. The van der Waals surface area contributed by atoms with Gasteiger partial charge >= 0.3 is 0 Å². The van der Waals surface area contributed by atoms with Crippen molar-refractivity contribution in [1.29, 1.82) is 0 Å². The average molecular weight is 349 g/mol. The van der Waals surface area contributed by atoms with Gasteiger partial charge in [0.15, 0.2) is 0 Å². The third-order valence-corrected chi connectivity index (χ3v) is 4.89. The lowest BCUT2D eigenvalue weighted by Gasteiger charge is -2.25.